The number of aryl methyl sites for hydroxylation is 1. The van der Waals surface area contributed by atoms with Gasteiger partial charge in [-0.1, -0.05) is 0 Å². The Hall–Kier alpha value is -3.03. The number of rotatable bonds is 6. The van der Waals surface area contributed by atoms with E-state index in [1.807, 2.05) is 31.3 Å². The average Bonchev–Trinajstić information content (AvgIpc) is 2.94. The van der Waals surface area contributed by atoms with Gasteiger partial charge >= 0.3 is 0 Å². The highest BCUT2D eigenvalue weighted by molar-refractivity contribution is 5.86. The second kappa shape index (κ2) is 6.39. The Balaban J connectivity index is 1.57. The summed E-state index contributed by atoms with van der Waals surface area (Å²) < 4.78 is 12.4. The van der Waals surface area contributed by atoms with Crippen LogP contribution in [0.1, 0.15) is 0 Å². The van der Waals surface area contributed by atoms with Gasteiger partial charge in [-0.05, 0) is 24.3 Å². The average molecular weight is 314 g/mol. The maximum absolute atomic E-state index is 5.91. The quantitative estimate of drug-likeness (QED) is 0.664. The lowest BCUT2D eigenvalue weighted by atomic mass is 10.3. The van der Waals surface area contributed by atoms with E-state index >= 15 is 0 Å². The molecule has 1 aromatic carbocycles. The topological polar surface area (TPSA) is 100 Å². The Morgan fingerprint density at radius 2 is 1.91 bits per heavy atom. The molecule has 3 rings (SSSR count). The van der Waals surface area contributed by atoms with Crippen molar-refractivity contribution in [1.29, 1.82) is 0 Å². The Morgan fingerprint density at radius 1 is 1.17 bits per heavy atom. The van der Waals surface area contributed by atoms with Crippen LogP contribution in [0.5, 0.6) is 11.5 Å². The molecule has 8 nitrogen and oxygen atoms in total. The van der Waals surface area contributed by atoms with E-state index in [-0.39, 0.29) is 0 Å². The molecule has 0 unspecified atom stereocenters. The lowest BCUT2D eigenvalue weighted by Crippen LogP contribution is -2.14. The third kappa shape index (κ3) is 3.25. The van der Waals surface area contributed by atoms with Crippen LogP contribution in [0.25, 0.3) is 11.0 Å². The molecule has 3 N–H and O–H groups in total. The molecule has 0 amide bonds. The van der Waals surface area contributed by atoms with Crippen molar-refractivity contribution < 1.29 is 9.47 Å². The van der Waals surface area contributed by atoms with Gasteiger partial charge in [0, 0.05) is 7.05 Å². The standard InChI is InChI=1S/C15H18N6O2/c1-21-14-12(9-18-21)13(16)19-15(20-14)17-7-8-23-11-5-3-10(22-2)4-6-11/h3-6,9H,7-8H2,1-2H3,(H3,16,17,19,20). The second-order valence-corrected chi connectivity index (χ2v) is 4.89. The van der Waals surface area contributed by atoms with Gasteiger partial charge < -0.3 is 20.5 Å². The predicted molar refractivity (Wildman–Crippen MR) is 87.7 cm³/mol. The molecule has 0 atom stereocenters. The van der Waals surface area contributed by atoms with E-state index < -0.39 is 0 Å². The van der Waals surface area contributed by atoms with Crippen molar-refractivity contribution in [2.45, 2.75) is 0 Å². The Morgan fingerprint density at radius 3 is 2.65 bits per heavy atom. The Bertz CT molecular complexity index is 800. The molecule has 0 aliphatic rings. The number of methoxy groups -OCH3 is 1. The highest BCUT2D eigenvalue weighted by atomic mass is 16.5. The highest BCUT2D eigenvalue weighted by Crippen LogP contribution is 2.18. The molecular weight excluding hydrogens is 296 g/mol. The van der Waals surface area contributed by atoms with Crippen molar-refractivity contribution in [1.82, 2.24) is 19.7 Å². The lowest BCUT2D eigenvalue weighted by molar-refractivity contribution is 0.331. The number of nitrogens with one attached hydrogen (secondary N) is 1. The third-order valence-electron chi connectivity index (χ3n) is 3.33. The number of nitrogens with two attached hydrogens (primary N) is 1. The smallest absolute Gasteiger partial charge is 0.226 e. The monoisotopic (exact) mass is 314 g/mol. The number of aromatic nitrogens is 4. The van der Waals surface area contributed by atoms with Gasteiger partial charge in [0.15, 0.2) is 5.65 Å². The minimum absolute atomic E-state index is 0.404. The zero-order valence-corrected chi connectivity index (χ0v) is 13.0. The molecule has 2 aromatic heterocycles. The van der Waals surface area contributed by atoms with Crippen LogP contribution in [-0.4, -0.2) is 40.0 Å². The normalized spacial score (nSPS) is 10.7. The zero-order chi connectivity index (χ0) is 16.2. The van der Waals surface area contributed by atoms with Crippen molar-refractivity contribution in [2.75, 3.05) is 31.3 Å². The Kier molecular flexibility index (Phi) is 4.13. The first-order chi connectivity index (χ1) is 11.2. The van der Waals surface area contributed by atoms with Gasteiger partial charge in [0.05, 0.1) is 25.2 Å². The summed E-state index contributed by atoms with van der Waals surface area (Å²) in [4.78, 5) is 8.60. The fourth-order valence-electron chi connectivity index (χ4n) is 2.13. The number of nitrogens with zero attached hydrogens (tertiary/aromatic N) is 4. The molecule has 2 heterocycles. The SMILES string of the molecule is COc1ccc(OCCNc2nc(N)c3cnn(C)c3n2)cc1. The van der Waals surface area contributed by atoms with Crippen molar-refractivity contribution in [3.8, 4) is 11.5 Å². The molecule has 0 fully saturated rings. The summed E-state index contributed by atoms with van der Waals surface area (Å²) in [5.41, 5.74) is 6.60. The van der Waals surface area contributed by atoms with E-state index in [0.717, 1.165) is 16.9 Å². The molecule has 8 heteroatoms. The predicted octanol–water partition coefficient (Wildman–Crippen LogP) is 1.44. The molecule has 0 saturated carbocycles. The number of benzene rings is 1. The lowest BCUT2D eigenvalue weighted by Gasteiger charge is -2.09. The summed E-state index contributed by atoms with van der Waals surface area (Å²) in [6.07, 6.45) is 1.65. The maximum Gasteiger partial charge on any atom is 0.226 e. The van der Waals surface area contributed by atoms with Crippen LogP contribution in [-0.2, 0) is 7.05 Å². The first-order valence-corrected chi connectivity index (χ1v) is 7.13. The van der Waals surface area contributed by atoms with Crippen molar-refractivity contribution in [3.63, 3.8) is 0 Å². The van der Waals surface area contributed by atoms with Crippen molar-refractivity contribution in [2.24, 2.45) is 7.05 Å². The molecule has 120 valence electrons. The number of hydrogen-bond acceptors (Lipinski definition) is 7. The number of anilines is 2. The van der Waals surface area contributed by atoms with Gasteiger partial charge in [0.25, 0.3) is 0 Å². The van der Waals surface area contributed by atoms with Gasteiger partial charge in [-0.2, -0.15) is 15.1 Å². The number of ether oxygens (including phenoxy) is 2. The molecular formula is C15H18N6O2. The fraction of sp³-hybridized carbons (Fsp3) is 0.267. The van der Waals surface area contributed by atoms with E-state index in [0.29, 0.717) is 30.6 Å². The van der Waals surface area contributed by atoms with Gasteiger partial charge in [0.1, 0.15) is 23.9 Å². The summed E-state index contributed by atoms with van der Waals surface area (Å²) >= 11 is 0. The van der Waals surface area contributed by atoms with Crippen LogP contribution in [0.4, 0.5) is 11.8 Å². The number of nitrogen functional groups attached to an aromatic ring is 1. The highest BCUT2D eigenvalue weighted by Gasteiger charge is 2.08. The van der Waals surface area contributed by atoms with Crippen molar-refractivity contribution in [3.05, 3.63) is 30.5 Å². The minimum Gasteiger partial charge on any atom is -0.497 e. The van der Waals surface area contributed by atoms with E-state index in [2.05, 4.69) is 20.4 Å². The van der Waals surface area contributed by atoms with E-state index in [9.17, 15) is 0 Å². The summed E-state index contributed by atoms with van der Waals surface area (Å²) in [5, 5.41) is 7.96. The summed E-state index contributed by atoms with van der Waals surface area (Å²) in [6.45, 7) is 1.02. The minimum atomic E-state index is 0.404. The first-order valence-electron chi connectivity index (χ1n) is 7.13. The van der Waals surface area contributed by atoms with Crippen LogP contribution >= 0.6 is 0 Å². The van der Waals surface area contributed by atoms with Crippen LogP contribution in [0.3, 0.4) is 0 Å². The molecule has 0 aliphatic carbocycles. The molecule has 0 saturated heterocycles. The second-order valence-electron chi connectivity index (χ2n) is 4.89. The van der Waals surface area contributed by atoms with Gasteiger partial charge in [-0.25, -0.2) is 0 Å². The fourth-order valence-corrected chi connectivity index (χ4v) is 2.13. The molecule has 23 heavy (non-hydrogen) atoms. The summed E-state index contributed by atoms with van der Waals surface area (Å²) in [5.74, 6) is 2.43. The van der Waals surface area contributed by atoms with E-state index in [1.54, 1.807) is 18.0 Å². The zero-order valence-electron chi connectivity index (χ0n) is 13.0. The maximum atomic E-state index is 5.91. The van der Waals surface area contributed by atoms with Crippen LogP contribution in [0.15, 0.2) is 30.5 Å². The molecule has 0 radical (unpaired) electrons. The van der Waals surface area contributed by atoms with E-state index in [4.69, 9.17) is 15.2 Å². The van der Waals surface area contributed by atoms with Crippen LogP contribution < -0.4 is 20.5 Å². The Labute approximate surface area is 133 Å². The molecule has 0 aliphatic heterocycles. The van der Waals surface area contributed by atoms with Gasteiger partial charge in [-0.15, -0.1) is 0 Å². The number of fused-ring (bicyclic) bond motifs is 1. The van der Waals surface area contributed by atoms with Crippen LogP contribution in [0, 0.1) is 0 Å². The third-order valence-corrected chi connectivity index (χ3v) is 3.33. The first kappa shape index (κ1) is 14.9. The summed E-state index contributed by atoms with van der Waals surface area (Å²) in [7, 11) is 3.44. The largest absolute Gasteiger partial charge is 0.497 e. The van der Waals surface area contributed by atoms with Crippen molar-refractivity contribution >= 4 is 22.8 Å². The van der Waals surface area contributed by atoms with Gasteiger partial charge in [0.2, 0.25) is 5.95 Å². The number of hydrogen-bond donors (Lipinski definition) is 2. The van der Waals surface area contributed by atoms with Crippen LogP contribution in [0.2, 0.25) is 0 Å². The van der Waals surface area contributed by atoms with E-state index in [1.165, 1.54) is 0 Å². The van der Waals surface area contributed by atoms with Gasteiger partial charge in [-0.3, -0.25) is 4.68 Å². The molecule has 0 spiro atoms. The molecule has 0 bridgehead atoms. The summed E-state index contributed by atoms with van der Waals surface area (Å²) in [6, 6.07) is 7.41. The molecule has 3 aromatic rings.